The summed E-state index contributed by atoms with van der Waals surface area (Å²) in [6, 6.07) is 85.4. The van der Waals surface area contributed by atoms with E-state index in [2.05, 4.69) is 288 Å². The summed E-state index contributed by atoms with van der Waals surface area (Å²) in [5.41, 5.74) is 15.6. The number of para-hydroxylation sites is 4. The van der Waals surface area contributed by atoms with Gasteiger partial charge in [0.1, 0.15) is 0 Å². The van der Waals surface area contributed by atoms with Crippen molar-refractivity contribution in [1.29, 1.82) is 0 Å². The molecule has 0 amide bonds. The Labute approximate surface area is 371 Å². The molecule has 0 aliphatic rings. The van der Waals surface area contributed by atoms with Gasteiger partial charge in [0.15, 0.2) is 0 Å². The van der Waals surface area contributed by atoms with E-state index in [0.29, 0.717) is 0 Å². The molecule has 0 unspecified atom stereocenters. The van der Waals surface area contributed by atoms with Crippen LogP contribution in [0.15, 0.2) is 249 Å². The van der Waals surface area contributed by atoms with Crippen LogP contribution in [0.5, 0.6) is 0 Å². The molecule has 63 heavy (non-hydrogen) atoms. The Balaban J connectivity index is 0.913. The number of hydrogen-bond donors (Lipinski definition) is 0. The zero-order chi connectivity index (χ0) is 42.6. The lowest BCUT2D eigenvalue weighted by atomic mass is 10.1. The predicted octanol–water partition coefficient (Wildman–Crippen LogP) is 17.1. The maximum absolute atomic E-state index is 3.96. The Morgan fingerprint density at radius 3 is 0.571 bits per heavy atom. The summed E-state index contributed by atoms with van der Waals surface area (Å²) in [6.45, 7) is 3.96. The minimum atomic E-state index is 1.08. The molecular weight excluding hydrogens is 763 g/mol. The molecule has 0 saturated carbocycles. The quantitative estimate of drug-likeness (QED) is 0.101. The molecule has 9 rings (SSSR count). The molecule has 0 spiro atoms. The van der Waals surface area contributed by atoms with Crippen molar-refractivity contribution in [1.82, 2.24) is 0 Å². The van der Waals surface area contributed by atoms with E-state index in [1.165, 1.54) is 0 Å². The lowest BCUT2D eigenvalue weighted by molar-refractivity contribution is 1.28. The van der Waals surface area contributed by atoms with Crippen LogP contribution in [-0.2, 0) is 0 Å². The van der Waals surface area contributed by atoms with Gasteiger partial charge >= 0.3 is 0 Å². The summed E-state index contributed by atoms with van der Waals surface area (Å²) >= 11 is 0. The Morgan fingerprint density at radius 2 is 0.381 bits per heavy atom. The Bertz CT molecular complexity index is 2630. The Morgan fingerprint density at radius 1 is 0.206 bits per heavy atom. The third kappa shape index (κ3) is 9.65. The summed E-state index contributed by atoms with van der Waals surface area (Å²) in [7, 11) is 0. The van der Waals surface area contributed by atoms with Crippen LogP contribution in [0.1, 0.15) is 27.8 Å². The molecule has 0 aliphatic heterocycles. The first-order valence-corrected chi connectivity index (χ1v) is 21.3. The average molecular weight is 810 g/mol. The highest BCUT2D eigenvalue weighted by molar-refractivity contribution is 5.82. The van der Waals surface area contributed by atoms with Crippen molar-refractivity contribution in [3.8, 4) is 0 Å². The van der Waals surface area contributed by atoms with Gasteiger partial charge in [0.05, 0.1) is 0 Å². The average Bonchev–Trinajstić information content (AvgIpc) is 3.36. The summed E-state index contributed by atoms with van der Waals surface area (Å²) in [5.74, 6) is 0. The highest BCUT2D eigenvalue weighted by atomic mass is 15.2. The van der Waals surface area contributed by atoms with Crippen molar-refractivity contribution in [3.05, 3.63) is 277 Å². The third-order valence-electron chi connectivity index (χ3n) is 11.0. The molecule has 0 bridgehead atoms. The number of anilines is 9. The number of benzene rings is 9. The van der Waals surface area contributed by atoms with Gasteiger partial charge in [-0.15, -0.1) is 0 Å². The maximum atomic E-state index is 3.96. The molecule has 0 aromatic heterocycles. The highest BCUT2D eigenvalue weighted by Gasteiger charge is 2.15. The van der Waals surface area contributed by atoms with Crippen molar-refractivity contribution in [2.75, 3.05) is 14.7 Å². The lowest BCUT2D eigenvalue weighted by Gasteiger charge is -2.26. The molecule has 0 heterocycles. The molecule has 0 atom stereocenters. The first-order valence-electron chi connectivity index (χ1n) is 21.3. The molecular formula is C60H47N3. The van der Waals surface area contributed by atoms with Crippen LogP contribution in [0.2, 0.25) is 0 Å². The van der Waals surface area contributed by atoms with E-state index in [-0.39, 0.29) is 0 Å². The molecule has 9 aromatic rings. The van der Waals surface area contributed by atoms with Crippen LogP contribution >= 0.6 is 0 Å². The second-order valence-electron chi connectivity index (χ2n) is 15.2. The SMILES string of the molecule is C=Cc1ccc(N(c2ccc(/C=C/c3ccc(N(c4ccccc4)c4ccccc4)cc3)cc2)c2ccc(/C=C/c3ccc(N(c4ccccc4)c4ccccc4)cc3)cc2)cc1. The zero-order valence-corrected chi connectivity index (χ0v) is 35.0. The molecule has 0 N–H and O–H groups in total. The van der Waals surface area contributed by atoms with E-state index in [0.717, 1.165) is 79.0 Å². The van der Waals surface area contributed by atoms with Gasteiger partial charge in [-0.25, -0.2) is 0 Å². The number of rotatable bonds is 14. The van der Waals surface area contributed by atoms with Crippen LogP contribution in [0.4, 0.5) is 51.2 Å². The van der Waals surface area contributed by atoms with Gasteiger partial charge in [0.2, 0.25) is 0 Å². The normalized spacial score (nSPS) is 11.1. The van der Waals surface area contributed by atoms with Gasteiger partial charge in [0.25, 0.3) is 0 Å². The van der Waals surface area contributed by atoms with Crippen molar-refractivity contribution in [3.63, 3.8) is 0 Å². The minimum Gasteiger partial charge on any atom is -0.311 e. The van der Waals surface area contributed by atoms with Crippen LogP contribution in [0.3, 0.4) is 0 Å². The molecule has 9 aromatic carbocycles. The van der Waals surface area contributed by atoms with Gasteiger partial charge in [-0.3, -0.25) is 0 Å². The molecule has 0 fully saturated rings. The van der Waals surface area contributed by atoms with Gasteiger partial charge in [-0.2, -0.15) is 0 Å². The first kappa shape index (κ1) is 40.0. The summed E-state index contributed by atoms with van der Waals surface area (Å²) in [6.07, 6.45) is 10.6. The topological polar surface area (TPSA) is 9.72 Å². The Hall–Kier alpha value is -8.40. The van der Waals surface area contributed by atoms with Gasteiger partial charge < -0.3 is 14.7 Å². The van der Waals surface area contributed by atoms with E-state index in [4.69, 9.17) is 0 Å². The largest absolute Gasteiger partial charge is 0.311 e. The number of nitrogens with zero attached hydrogens (tertiary/aromatic N) is 3. The van der Waals surface area contributed by atoms with Crippen molar-refractivity contribution in [2.24, 2.45) is 0 Å². The third-order valence-corrected chi connectivity index (χ3v) is 11.0. The van der Waals surface area contributed by atoms with Crippen molar-refractivity contribution < 1.29 is 0 Å². The second kappa shape index (κ2) is 19.3. The van der Waals surface area contributed by atoms with E-state index in [1.54, 1.807) is 0 Å². The molecule has 302 valence electrons. The monoisotopic (exact) mass is 809 g/mol. The number of hydrogen-bond acceptors (Lipinski definition) is 3. The summed E-state index contributed by atoms with van der Waals surface area (Å²) in [4.78, 5) is 6.85. The van der Waals surface area contributed by atoms with Crippen LogP contribution in [-0.4, -0.2) is 0 Å². The zero-order valence-electron chi connectivity index (χ0n) is 35.0. The van der Waals surface area contributed by atoms with E-state index >= 15 is 0 Å². The van der Waals surface area contributed by atoms with Crippen LogP contribution < -0.4 is 14.7 Å². The second-order valence-corrected chi connectivity index (χ2v) is 15.2. The van der Waals surface area contributed by atoms with E-state index in [1.807, 2.05) is 6.08 Å². The van der Waals surface area contributed by atoms with Crippen LogP contribution in [0, 0.1) is 0 Å². The predicted molar refractivity (Wildman–Crippen MR) is 271 cm³/mol. The van der Waals surface area contributed by atoms with E-state index in [9.17, 15) is 0 Å². The molecule has 0 saturated heterocycles. The van der Waals surface area contributed by atoms with Crippen molar-refractivity contribution >= 4 is 81.6 Å². The standard InChI is InChI=1S/C60H47N3/c1-2-47-27-37-56(38-28-47)63(59-43-33-50(34-44-59)25-23-48-29-39-57(40-30-48)61(52-15-7-3-8-16-52)53-17-9-4-10-18-53)60-45-35-51(36-46-60)26-24-49-31-41-58(42-32-49)62(54-19-11-5-12-20-54)55-21-13-6-14-22-55/h2-46H,1H2/b25-23+,26-24+. The van der Waals surface area contributed by atoms with Crippen molar-refractivity contribution in [2.45, 2.75) is 0 Å². The van der Waals surface area contributed by atoms with Gasteiger partial charge in [0, 0.05) is 51.2 Å². The lowest BCUT2D eigenvalue weighted by Crippen LogP contribution is -2.09. The van der Waals surface area contributed by atoms with Gasteiger partial charge in [-0.1, -0.05) is 170 Å². The fourth-order valence-electron chi connectivity index (χ4n) is 7.73. The smallest absolute Gasteiger partial charge is 0.0462 e. The van der Waals surface area contributed by atoms with Crippen LogP contribution in [0.25, 0.3) is 30.4 Å². The molecule has 0 aliphatic carbocycles. The molecule has 3 nitrogen and oxygen atoms in total. The molecule has 0 radical (unpaired) electrons. The minimum absolute atomic E-state index is 1.08. The highest BCUT2D eigenvalue weighted by Crippen LogP contribution is 2.38. The fourth-order valence-corrected chi connectivity index (χ4v) is 7.73. The Kier molecular flexibility index (Phi) is 12.3. The molecule has 3 heteroatoms. The van der Waals surface area contributed by atoms with E-state index < -0.39 is 0 Å². The van der Waals surface area contributed by atoms with Gasteiger partial charge in [-0.05, 0) is 137 Å². The summed E-state index contributed by atoms with van der Waals surface area (Å²) in [5, 5.41) is 0. The fraction of sp³-hybridized carbons (Fsp3) is 0. The maximum Gasteiger partial charge on any atom is 0.0462 e. The summed E-state index contributed by atoms with van der Waals surface area (Å²) < 4.78 is 0. The first-order chi connectivity index (χ1) is 31.2.